The molecule has 1 aliphatic rings. The van der Waals surface area contributed by atoms with E-state index in [1.807, 2.05) is 6.92 Å². The molecule has 0 bridgehead atoms. The molecule has 100 valence electrons. The highest BCUT2D eigenvalue weighted by molar-refractivity contribution is 5.90. The van der Waals surface area contributed by atoms with E-state index in [9.17, 15) is 4.79 Å². The highest BCUT2D eigenvalue weighted by Crippen LogP contribution is 2.37. The molecule has 0 aliphatic heterocycles. The first-order valence-corrected chi connectivity index (χ1v) is 6.29. The lowest BCUT2D eigenvalue weighted by Gasteiger charge is -2.07. The van der Waals surface area contributed by atoms with Gasteiger partial charge in [0.15, 0.2) is 0 Å². The molecule has 1 amide bonds. The Bertz CT molecular complexity index is 599. The number of carbonyl (C=O) groups excluding carboxylic acids is 1. The topological polar surface area (TPSA) is 96.7 Å². The molecule has 2 aromatic rings. The van der Waals surface area contributed by atoms with E-state index in [4.69, 9.17) is 4.42 Å². The third-order valence-electron chi connectivity index (χ3n) is 3.03. The summed E-state index contributed by atoms with van der Waals surface area (Å²) in [6.45, 7) is 3.61. The van der Waals surface area contributed by atoms with E-state index < -0.39 is 0 Å². The molecule has 19 heavy (non-hydrogen) atoms. The average Bonchev–Trinajstić information content (AvgIpc) is 2.94. The second-order valence-corrected chi connectivity index (χ2v) is 4.82. The first kappa shape index (κ1) is 11.9. The van der Waals surface area contributed by atoms with E-state index in [1.165, 1.54) is 0 Å². The molecule has 1 aliphatic carbocycles. The molecule has 1 unspecified atom stereocenters. The Morgan fingerprint density at radius 2 is 2.37 bits per heavy atom. The third-order valence-corrected chi connectivity index (χ3v) is 3.03. The smallest absolute Gasteiger partial charge is 0.291 e. The Kier molecular flexibility index (Phi) is 2.81. The van der Waals surface area contributed by atoms with Crippen LogP contribution in [0.4, 0.5) is 0 Å². The Labute approximate surface area is 109 Å². The summed E-state index contributed by atoms with van der Waals surface area (Å²) in [4.78, 5) is 20.2. The van der Waals surface area contributed by atoms with Gasteiger partial charge in [0.2, 0.25) is 11.7 Å². The van der Waals surface area contributed by atoms with Crippen molar-refractivity contribution in [3.63, 3.8) is 0 Å². The van der Waals surface area contributed by atoms with Crippen LogP contribution in [-0.2, 0) is 0 Å². The Morgan fingerprint density at radius 1 is 1.58 bits per heavy atom. The van der Waals surface area contributed by atoms with Crippen molar-refractivity contribution in [3.8, 4) is 0 Å². The molecule has 2 N–H and O–H groups in total. The summed E-state index contributed by atoms with van der Waals surface area (Å²) in [5.41, 5.74) is 0. The number of hydrogen-bond donors (Lipinski definition) is 2. The zero-order valence-electron chi connectivity index (χ0n) is 10.8. The summed E-state index contributed by atoms with van der Waals surface area (Å²) in [6, 6.07) is -0.316. The number of aromatic nitrogens is 4. The molecular weight excluding hydrogens is 246 g/mol. The van der Waals surface area contributed by atoms with Crippen molar-refractivity contribution in [2.75, 3.05) is 0 Å². The van der Waals surface area contributed by atoms with Crippen LogP contribution in [0.1, 0.15) is 59.8 Å². The highest BCUT2D eigenvalue weighted by atomic mass is 16.4. The predicted octanol–water partition coefficient (Wildman–Crippen LogP) is 1.47. The molecule has 2 heterocycles. The van der Waals surface area contributed by atoms with Crippen LogP contribution in [0, 0.1) is 6.92 Å². The van der Waals surface area contributed by atoms with Gasteiger partial charge in [-0.15, -0.1) is 5.10 Å². The van der Waals surface area contributed by atoms with Gasteiger partial charge in [-0.2, -0.15) is 0 Å². The fourth-order valence-electron chi connectivity index (χ4n) is 1.81. The monoisotopic (exact) mass is 261 g/mol. The molecule has 0 aromatic carbocycles. The molecule has 0 radical (unpaired) electrons. The minimum Gasteiger partial charge on any atom is -0.444 e. The van der Waals surface area contributed by atoms with Gasteiger partial charge in [0.25, 0.3) is 5.91 Å². The van der Waals surface area contributed by atoms with Gasteiger partial charge < -0.3 is 9.73 Å². The SMILES string of the molecule is Cc1cnc(C(C)NC(=O)c2n[nH]c(C3CC3)n2)o1. The van der Waals surface area contributed by atoms with Crippen LogP contribution < -0.4 is 5.32 Å². The van der Waals surface area contributed by atoms with Crippen molar-refractivity contribution in [3.05, 3.63) is 29.5 Å². The van der Waals surface area contributed by atoms with Crippen molar-refractivity contribution in [1.82, 2.24) is 25.5 Å². The second kappa shape index (κ2) is 4.49. The number of rotatable bonds is 4. The summed E-state index contributed by atoms with van der Waals surface area (Å²) < 4.78 is 5.36. The van der Waals surface area contributed by atoms with Crippen LogP contribution in [0.25, 0.3) is 0 Å². The number of hydrogen-bond acceptors (Lipinski definition) is 5. The molecular formula is C12H15N5O2. The van der Waals surface area contributed by atoms with E-state index in [0.29, 0.717) is 17.6 Å². The van der Waals surface area contributed by atoms with Crippen molar-refractivity contribution in [1.29, 1.82) is 0 Å². The maximum Gasteiger partial charge on any atom is 0.291 e. The number of carbonyl (C=O) groups is 1. The van der Waals surface area contributed by atoms with E-state index in [1.54, 1.807) is 13.1 Å². The van der Waals surface area contributed by atoms with Gasteiger partial charge in [-0.3, -0.25) is 9.89 Å². The zero-order valence-corrected chi connectivity index (χ0v) is 10.8. The predicted molar refractivity (Wildman–Crippen MR) is 65.5 cm³/mol. The lowest BCUT2D eigenvalue weighted by atomic mass is 10.3. The van der Waals surface area contributed by atoms with E-state index >= 15 is 0 Å². The highest BCUT2D eigenvalue weighted by Gasteiger charge is 2.28. The Morgan fingerprint density at radius 3 is 3.00 bits per heavy atom. The van der Waals surface area contributed by atoms with Crippen LogP contribution in [0.15, 0.2) is 10.6 Å². The van der Waals surface area contributed by atoms with Gasteiger partial charge in [0.1, 0.15) is 17.6 Å². The molecule has 1 atom stereocenters. The first-order chi connectivity index (χ1) is 9.13. The van der Waals surface area contributed by atoms with E-state index in [0.717, 1.165) is 18.7 Å². The van der Waals surface area contributed by atoms with Gasteiger partial charge in [0.05, 0.1) is 6.20 Å². The largest absolute Gasteiger partial charge is 0.444 e. The Hall–Kier alpha value is -2.18. The van der Waals surface area contributed by atoms with Gasteiger partial charge in [-0.25, -0.2) is 9.97 Å². The maximum absolute atomic E-state index is 12.0. The van der Waals surface area contributed by atoms with Crippen LogP contribution >= 0.6 is 0 Å². The lowest BCUT2D eigenvalue weighted by molar-refractivity contribution is 0.0923. The van der Waals surface area contributed by atoms with Crippen LogP contribution in [0.3, 0.4) is 0 Å². The van der Waals surface area contributed by atoms with Crippen LogP contribution in [-0.4, -0.2) is 26.1 Å². The molecule has 0 spiro atoms. The molecule has 1 saturated carbocycles. The number of nitrogens with one attached hydrogen (secondary N) is 2. The minimum absolute atomic E-state index is 0.164. The minimum atomic E-state index is -0.327. The summed E-state index contributed by atoms with van der Waals surface area (Å²) in [5, 5.41) is 9.49. The summed E-state index contributed by atoms with van der Waals surface area (Å²) >= 11 is 0. The number of oxazole rings is 1. The Balaban J connectivity index is 1.66. The van der Waals surface area contributed by atoms with Crippen LogP contribution in [0.5, 0.6) is 0 Å². The van der Waals surface area contributed by atoms with Crippen molar-refractivity contribution in [2.45, 2.75) is 38.6 Å². The van der Waals surface area contributed by atoms with Crippen LogP contribution in [0.2, 0.25) is 0 Å². The summed E-state index contributed by atoms with van der Waals surface area (Å²) in [5.74, 6) is 2.27. The lowest BCUT2D eigenvalue weighted by Crippen LogP contribution is -2.27. The summed E-state index contributed by atoms with van der Waals surface area (Å²) in [6.07, 6.45) is 3.85. The van der Waals surface area contributed by atoms with Crippen molar-refractivity contribution in [2.24, 2.45) is 0 Å². The third kappa shape index (κ3) is 2.49. The van der Waals surface area contributed by atoms with E-state index in [2.05, 4.69) is 25.5 Å². The van der Waals surface area contributed by atoms with Gasteiger partial charge >= 0.3 is 0 Å². The van der Waals surface area contributed by atoms with Crippen molar-refractivity contribution < 1.29 is 9.21 Å². The number of nitrogens with zero attached hydrogens (tertiary/aromatic N) is 3. The number of H-pyrrole nitrogens is 1. The molecule has 2 aromatic heterocycles. The quantitative estimate of drug-likeness (QED) is 0.868. The maximum atomic E-state index is 12.0. The van der Waals surface area contributed by atoms with Gasteiger partial charge in [-0.1, -0.05) is 0 Å². The summed E-state index contributed by atoms with van der Waals surface area (Å²) in [7, 11) is 0. The van der Waals surface area contributed by atoms with Gasteiger partial charge in [-0.05, 0) is 26.7 Å². The molecule has 7 heteroatoms. The molecule has 3 rings (SSSR count). The number of aromatic amines is 1. The van der Waals surface area contributed by atoms with Gasteiger partial charge in [0, 0.05) is 5.92 Å². The average molecular weight is 261 g/mol. The fourth-order valence-corrected chi connectivity index (χ4v) is 1.81. The number of aryl methyl sites for hydroxylation is 1. The zero-order chi connectivity index (χ0) is 13.4. The fraction of sp³-hybridized carbons (Fsp3) is 0.500. The molecule has 7 nitrogen and oxygen atoms in total. The standard InChI is InChI=1S/C12H15N5O2/c1-6-5-13-12(19-6)7(2)14-11(18)10-15-9(16-17-10)8-3-4-8/h5,7-8H,3-4H2,1-2H3,(H,14,18)(H,15,16,17). The first-order valence-electron chi connectivity index (χ1n) is 6.29. The molecule has 0 saturated heterocycles. The number of amides is 1. The van der Waals surface area contributed by atoms with Crippen molar-refractivity contribution >= 4 is 5.91 Å². The van der Waals surface area contributed by atoms with E-state index in [-0.39, 0.29) is 17.8 Å². The normalized spacial score (nSPS) is 16.3. The second-order valence-electron chi connectivity index (χ2n) is 4.82. The molecule has 1 fully saturated rings.